The number of anilines is 1. The van der Waals surface area contributed by atoms with Gasteiger partial charge in [0.15, 0.2) is 0 Å². The van der Waals surface area contributed by atoms with E-state index in [1.54, 1.807) is 13.1 Å². The van der Waals surface area contributed by atoms with Crippen molar-refractivity contribution < 1.29 is 18.4 Å². The molecule has 0 aliphatic carbocycles. The van der Waals surface area contributed by atoms with Crippen molar-refractivity contribution in [2.45, 2.75) is 45.7 Å². The highest BCUT2D eigenvalue weighted by atomic mass is 19.1. The molecule has 0 bridgehead atoms. The predicted octanol–water partition coefficient (Wildman–Crippen LogP) is 3.47. The number of rotatable bonds is 3. The van der Waals surface area contributed by atoms with E-state index in [0.717, 1.165) is 4.90 Å². The van der Waals surface area contributed by atoms with Crippen LogP contribution in [0.25, 0.3) is 0 Å². The first-order chi connectivity index (χ1) is 11.7. The molecule has 3 rings (SSSR count). The van der Waals surface area contributed by atoms with Crippen LogP contribution in [0.2, 0.25) is 0 Å². The summed E-state index contributed by atoms with van der Waals surface area (Å²) in [5, 5.41) is 0. The van der Waals surface area contributed by atoms with Gasteiger partial charge >= 0.3 is 6.03 Å². The second kappa shape index (κ2) is 5.98. The third-order valence-electron chi connectivity index (χ3n) is 4.14. The molecule has 1 fully saturated rings. The Morgan fingerprint density at radius 2 is 1.84 bits per heavy atom. The highest BCUT2D eigenvalue weighted by Gasteiger charge is 2.43. The molecule has 1 aromatic carbocycles. The van der Waals surface area contributed by atoms with Crippen LogP contribution in [-0.4, -0.2) is 27.9 Å². The van der Waals surface area contributed by atoms with Gasteiger partial charge in [-0.3, -0.25) is 14.6 Å². The molecule has 6 nitrogen and oxygen atoms in total. The summed E-state index contributed by atoms with van der Waals surface area (Å²) < 4.78 is 18.8. The van der Waals surface area contributed by atoms with Crippen LogP contribution >= 0.6 is 0 Å². The van der Waals surface area contributed by atoms with Crippen LogP contribution in [-0.2, 0) is 16.8 Å². The number of hydrogen-bond acceptors (Lipinski definition) is 4. The van der Waals surface area contributed by atoms with Crippen molar-refractivity contribution in [2.75, 3.05) is 4.90 Å². The van der Waals surface area contributed by atoms with Crippen molar-refractivity contribution in [3.05, 3.63) is 47.9 Å². The standard InChI is InChI=1S/C18H20FN3O3/c1-11-16(23)21(10-15-20-9-14(25-15)18(2,3)4)17(24)22(11)13-7-5-12(19)6-8-13/h5-9,11H,10H2,1-4H3/t11-/m1/s1. The van der Waals surface area contributed by atoms with Crippen molar-refractivity contribution in [2.24, 2.45) is 0 Å². The van der Waals surface area contributed by atoms with Crippen LogP contribution in [0, 0.1) is 5.82 Å². The second-order valence-electron chi connectivity index (χ2n) is 7.10. The van der Waals surface area contributed by atoms with Gasteiger partial charge in [-0.1, -0.05) is 20.8 Å². The van der Waals surface area contributed by atoms with Gasteiger partial charge in [0.05, 0.1) is 6.20 Å². The topological polar surface area (TPSA) is 66.7 Å². The molecule has 1 aliphatic heterocycles. The van der Waals surface area contributed by atoms with Crippen LogP contribution in [0.3, 0.4) is 0 Å². The Bertz CT molecular complexity index is 808. The third-order valence-corrected chi connectivity index (χ3v) is 4.14. The molecule has 2 heterocycles. The summed E-state index contributed by atoms with van der Waals surface area (Å²) in [5.74, 6) is 0.246. The number of benzene rings is 1. The molecular formula is C18H20FN3O3. The number of aromatic nitrogens is 1. The Morgan fingerprint density at radius 1 is 1.20 bits per heavy atom. The lowest BCUT2D eigenvalue weighted by Gasteiger charge is -2.19. The molecule has 0 N–H and O–H groups in total. The Kier molecular flexibility index (Phi) is 4.10. The van der Waals surface area contributed by atoms with E-state index in [1.807, 2.05) is 20.8 Å². The third kappa shape index (κ3) is 3.14. The van der Waals surface area contributed by atoms with Gasteiger partial charge in [-0.15, -0.1) is 0 Å². The van der Waals surface area contributed by atoms with Crippen LogP contribution in [0.1, 0.15) is 39.3 Å². The predicted molar refractivity (Wildman–Crippen MR) is 89.5 cm³/mol. The average Bonchev–Trinajstić information content (AvgIpc) is 3.09. The van der Waals surface area contributed by atoms with Gasteiger partial charge in [0.2, 0.25) is 5.89 Å². The van der Waals surface area contributed by atoms with Crippen LogP contribution in [0.15, 0.2) is 34.9 Å². The Balaban J connectivity index is 1.83. The minimum atomic E-state index is -0.671. The first-order valence-electron chi connectivity index (χ1n) is 8.04. The zero-order chi connectivity index (χ0) is 18.4. The van der Waals surface area contributed by atoms with Crippen LogP contribution < -0.4 is 4.90 Å². The van der Waals surface area contributed by atoms with E-state index in [-0.39, 0.29) is 17.9 Å². The molecule has 7 heteroatoms. The molecule has 1 atom stereocenters. The van der Waals surface area contributed by atoms with Crippen LogP contribution in [0.4, 0.5) is 14.9 Å². The molecule has 0 saturated carbocycles. The second-order valence-corrected chi connectivity index (χ2v) is 7.10. The van der Waals surface area contributed by atoms with Crippen LogP contribution in [0.5, 0.6) is 0 Å². The summed E-state index contributed by atoms with van der Waals surface area (Å²) in [6.45, 7) is 7.57. The summed E-state index contributed by atoms with van der Waals surface area (Å²) in [6, 6.07) is 4.32. The van der Waals surface area contributed by atoms with E-state index < -0.39 is 17.9 Å². The van der Waals surface area contributed by atoms with Crippen molar-refractivity contribution in [1.29, 1.82) is 0 Å². The number of imide groups is 1. The smallest absolute Gasteiger partial charge is 0.332 e. The van der Waals surface area contributed by atoms with Gasteiger partial charge in [0, 0.05) is 11.1 Å². The zero-order valence-corrected chi connectivity index (χ0v) is 14.6. The SMILES string of the molecule is C[C@@H]1C(=O)N(Cc2ncc(C(C)(C)C)o2)C(=O)N1c1ccc(F)cc1. The summed E-state index contributed by atoms with van der Waals surface area (Å²) in [5.41, 5.74) is 0.259. The summed E-state index contributed by atoms with van der Waals surface area (Å²) in [6.07, 6.45) is 1.61. The molecular weight excluding hydrogens is 325 g/mol. The van der Waals surface area contributed by atoms with E-state index in [0.29, 0.717) is 17.3 Å². The van der Waals surface area contributed by atoms with E-state index >= 15 is 0 Å². The molecule has 25 heavy (non-hydrogen) atoms. The quantitative estimate of drug-likeness (QED) is 0.799. The normalized spacial score (nSPS) is 18.4. The monoisotopic (exact) mass is 345 g/mol. The van der Waals surface area contributed by atoms with E-state index in [1.165, 1.54) is 29.2 Å². The van der Waals surface area contributed by atoms with Gasteiger partial charge in [-0.05, 0) is 31.2 Å². The number of oxazole rings is 1. The summed E-state index contributed by atoms with van der Waals surface area (Å²) >= 11 is 0. The minimum Gasteiger partial charge on any atom is -0.443 e. The number of nitrogens with zero attached hydrogens (tertiary/aromatic N) is 3. The minimum absolute atomic E-state index is 0.0320. The van der Waals surface area contributed by atoms with E-state index in [2.05, 4.69) is 4.98 Å². The lowest BCUT2D eigenvalue weighted by molar-refractivity contribution is -0.127. The zero-order valence-electron chi connectivity index (χ0n) is 14.6. The molecule has 1 aliphatic rings. The molecule has 3 amide bonds. The molecule has 2 aromatic rings. The van der Waals surface area contributed by atoms with Gasteiger partial charge in [-0.25, -0.2) is 14.2 Å². The average molecular weight is 345 g/mol. The van der Waals surface area contributed by atoms with Crippen molar-refractivity contribution in [3.8, 4) is 0 Å². The number of urea groups is 1. The Morgan fingerprint density at radius 3 is 2.40 bits per heavy atom. The number of amides is 3. The Hall–Kier alpha value is -2.70. The fourth-order valence-corrected chi connectivity index (χ4v) is 2.67. The molecule has 1 aromatic heterocycles. The lowest BCUT2D eigenvalue weighted by Crippen LogP contribution is -2.33. The van der Waals surface area contributed by atoms with Gasteiger partial charge < -0.3 is 4.42 Å². The van der Waals surface area contributed by atoms with E-state index in [4.69, 9.17) is 4.42 Å². The van der Waals surface area contributed by atoms with Gasteiger partial charge in [-0.2, -0.15) is 0 Å². The molecule has 132 valence electrons. The van der Waals surface area contributed by atoms with Crippen molar-refractivity contribution in [3.63, 3.8) is 0 Å². The van der Waals surface area contributed by atoms with E-state index in [9.17, 15) is 14.0 Å². The fraction of sp³-hybridized carbons (Fsp3) is 0.389. The first kappa shape index (κ1) is 17.1. The molecule has 0 unspecified atom stereocenters. The number of carbonyl (C=O) groups is 2. The Labute approximate surface area is 145 Å². The molecule has 0 radical (unpaired) electrons. The van der Waals surface area contributed by atoms with Crippen molar-refractivity contribution >= 4 is 17.6 Å². The largest absolute Gasteiger partial charge is 0.443 e. The molecule has 1 saturated heterocycles. The highest BCUT2D eigenvalue weighted by molar-refractivity contribution is 6.13. The lowest BCUT2D eigenvalue weighted by atomic mass is 9.94. The van der Waals surface area contributed by atoms with Gasteiger partial charge in [0.1, 0.15) is 24.2 Å². The van der Waals surface area contributed by atoms with Gasteiger partial charge in [0.25, 0.3) is 5.91 Å². The maximum atomic E-state index is 13.1. The number of carbonyl (C=O) groups excluding carboxylic acids is 2. The summed E-state index contributed by atoms with van der Waals surface area (Å²) in [7, 11) is 0. The first-order valence-corrected chi connectivity index (χ1v) is 8.04. The van der Waals surface area contributed by atoms with Crippen molar-refractivity contribution in [1.82, 2.24) is 9.88 Å². The number of halogens is 1. The maximum Gasteiger partial charge on any atom is 0.332 e. The number of hydrogen-bond donors (Lipinski definition) is 0. The molecule has 0 spiro atoms. The highest BCUT2D eigenvalue weighted by Crippen LogP contribution is 2.28. The maximum absolute atomic E-state index is 13.1. The fourth-order valence-electron chi connectivity index (χ4n) is 2.67. The summed E-state index contributed by atoms with van der Waals surface area (Å²) in [4.78, 5) is 31.8.